The Morgan fingerprint density at radius 2 is 2.07 bits per heavy atom. The lowest BCUT2D eigenvalue weighted by molar-refractivity contribution is 0.233. The summed E-state index contributed by atoms with van der Waals surface area (Å²) in [5.74, 6) is 2.88. The van der Waals surface area contributed by atoms with E-state index in [1.54, 1.807) is 7.11 Å². The number of hydrogen-bond acceptors (Lipinski definition) is 5. The van der Waals surface area contributed by atoms with E-state index in [0.29, 0.717) is 19.1 Å². The molecule has 1 N–H and O–H groups in total. The Bertz CT molecular complexity index is 903. The highest BCUT2D eigenvalue weighted by atomic mass is 16.5. The quantitative estimate of drug-likeness (QED) is 0.803. The van der Waals surface area contributed by atoms with Crippen LogP contribution in [0.1, 0.15) is 67.6 Å². The summed E-state index contributed by atoms with van der Waals surface area (Å²) in [6.07, 6.45) is 6.87. The van der Waals surface area contributed by atoms with Gasteiger partial charge in [-0.2, -0.15) is 0 Å². The summed E-state index contributed by atoms with van der Waals surface area (Å²) in [5.41, 5.74) is 2.92. The van der Waals surface area contributed by atoms with E-state index >= 15 is 0 Å². The number of aromatic nitrogens is 2. The number of aromatic amines is 1. The first-order valence-electron chi connectivity index (χ1n) is 10.8. The lowest BCUT2D eigenvalue weighted by Crippen LogP contribution is -2.36. The monoisotopic (exact) mass is 397 g/mol. The molecule has 0 atom stereocenters. The molecule has 0 unspecified atom stereocenters. The normalized spacial score (nSPS) is 17.7. The van der Waals surface area contributed by atoms with Crippen molar-refractivity contribution < 1.29 is 9.47 Å². The standard InChI is InChI=1S/C23H31N3O3/c1-3-29-21-17(10-7-11-20(21)28-2)14-26-13-12-19-18(15-26)23(27)25-22(24-19)16-8-5-4-6-9-16/h7,10-11,16H,3-6,8-9,12-15H2,1-2H3,(H,24,25,27). The molecule has 0 spiro atoms. The molecule has 0 radical (unpaired) electrons. The number of fused-ring (bicyclic) bond motifs is 1. The van der Waals surface area contributed by atoms with Gasteiger partial charge in [-0.25, -0.2) is 4.98 Å². The van der Waals surface area contributed by atoms with Gasteiger partial charge in [0.05, 0.1) is 25.0 Å². The number of hydrogen-bond donors (Lipinski definition) is 1. The van der Waals surface area contributed by atoms with Crippen molar-refractivity contribution in [3.8, 4) is 11.5 Å². The minimum absolute atomic E-state index is 0.0379. The summed E-state index contributed by atoms with van der Waals surface area (Å²) in [6, 6.07) is 5.97. The molecule has 2 aliphatic rings. The molecule has 1 aromatic carbocycles. The Balaban J connectivity index is 1.53. The van der Waals surface area contributed by atoms with Crippen molar-refractivity contribution in [1.82, 2.24) is 14.9 Å². The highest BCUT2D eigenvalue weighted by molar-refractivity contribution is 5.46. The van der Waals surface area contributed by atoms with Crippen LogP contribution in [0.3, 0.4) is 0 Å². The van der Waals surface area contributed by atoms with Crippen molar-refractivity contribution in [3.63, 3.8) is 0 Å². The molecule has 0 amide bonds. The molecule has 2 aromatic rings. The Kier molecular flexibility index (Phi) is 6.19. The number of rotatable bonds is 6. The van der Waals surface area contributed by atoms with E-state index in [0.717, 1.165) is 66.5 Å². The second kappa shape index (κ2) is 8.99. The minimum atomic E-state index is 0.0379. The van der Waals surface area contributed by atoms with Crippen LogP contribution >= 0.6 is 0 Å². The summed E-state index contributed by atoms with van der Waals surface area (Å²) < 4.78 is 11.3. The van der Waals surface area contributed by atoms with Gasteiger partial charge in [0, 0.05) is 37.5 Å². The zero-order chi connectivity index (χ0) is 20.2. The maximum absolute atomic E-state index is 12.8. The molecule has 1 aromatic heterocycles. The van der Waals surface area contributed by atoms with Crippen LogP contribution in [0.25, 0.3) is 0 Å². The van der Waals surface area contributed by atoms with Gasteiger partial charge in [0.1, 0.15) is 5.82 Å². The van der Waals surface area contributed by atoms with Gasteiger partial charge in [0.2, 0.25) is 0 Å². The molecule has 156 valence electrons. The average Bonchev–Trinajstić information content (AvgIpc) is 2.76. The third kappa shape index (κ3) is 4.32. The lowest BCUT2D eigenvalue weighted by atomic mass is 9.88. The van der Waals surface area contributed by atoms with Gasteiger partial charge in [-0.3, -0.25) is 9.69 Å². The molecule has 0 saturated heterocycles. The first-order chi connectivity index (χ1) is 14.2. The van der Waals surface area contributed by atoms with Crippen LogP contribution in [-0.2, 0) is 19.5 Å². The Morgan fingerprint density at radius 3 is 2.83 bits per heavy atom. The molecule has 1 aliphatic carbocycles. The van der Waals surface area contributed by atoms with Gasteiger partial charge in [0.15, 0.2) is 11.5 Å². The fourth-order valence-corrected chi connectivity index (χ4v) is 4.60. The zero-order valence-corrected chi connectivity index (χ0v) is 17.5. The predicted molar refractivity (Wildman–Crippen MR) is 113 cm³/mol. The van der Waals surface area contributed by atoms with E-state index in [9.17, 15) is 4.79 Å². The van der Waals surface area contributed by atoms with Crippen molar-refractivity contribution in [3.05, 3.63) is 51.2 Å². The topological polar surface area (TPSA) is 67.5 Å². The number of nitrogens with one attached hydrogen (secondary N) is 1. The Labute approximate surface area is 172 Å². The molecule has 6 nitrogen and oxygen atoms in total. The number of benzene rings is 1. The smallest absolute Gasteiger partial charge is 0.255 e. The predicted octanol–water partition coefficient (Wildman–Crippen LogP) is 3.78. The summed E-state index contributed by atoms with van der Waals surface area (Å²) in [7, 11) is 1.66. The van der Waals surface area contributed by atoms with E-state index in [1.807, 2.05) is 19.1 Å². The second-order valence-corrected chi connectivity index (χ2v) is 8.05. The number of ether oxygens (including phenoxy) is 2. The van der Waals surface area contributed by atoms with Crippen LogP contribution in [-0.4, -0.2) is 35.1 Å². The molecule has 2 heterocycles. The SMILES string of the molecule is CCOc1c(CN2CCc3nc(C4CCCCC4)[nH]c(=O)c3C2)cccc1OC. The Hall–Kier alpha value is -2.34. The van der Waals surface area contributed by atoms with E-state index < -0.39 is 0 Å². The van der Waals surface area contributed by atoms with Crippen LogP contribution < -0.4 is 15.0 Å². The van der Waals surface area contributed by atoms with Gasteiger partial charge >= 0.3 is 0 Å². The maximum atomic E-state index is 12.8. The fraction of sp³-hybridized carbons (Fsp3) is 0.565. The number of H-pyrrole nitrogens is 1. The molecular weight excluding hydrogens is 366 g/mol. The summed E-state index contributed by atoms with van der Waals surface area (Å²) >= 11 is 0. The van der Waals surface area contributed by atoms with Gasteiger partial charge in [-0.05, 0) is 25.8 Å². The second-order valence-electron chi connectivity index (χ2n) is 8.05. The first kappa shape index (κ1) is 20.0. The Morgan fingerprint density at radius 1 is 1.24 bits per heavy atom. The van der Waals surface area contributed by atoms with Crippen LogP contribution in [0, 0.1) is 0 Å². The number of para-hydroxylation sites is 1. The summed E-state index contributed by atoms with van der Waals surface area (Å²) in [5, 5.41) is 0. The van der Waals surface area contributed by atoms with Gasteiger partial charge in [-0.1, -0.05) is 31.4 Å². The van der Waals surface area contributed by atoms with Crippen molar-refractivity contribution in [2.24, 2.45) is 0 Å². The van der Waals surface area contributed by atoms with Crippen molar-refractivity contribution in [2.75, 3.05) is 20.3 Å². The molecular formula is C23H31N3O3. The molecule has 1 fully saturated rings. The molecule has 4 rings (SSSR count). The van der Waals surface area contributed by atoms with Crippen LogP contribution in [0.2, 0.25) is 0 Å². The van der Waals surface area contributed by atoms with Gasteiger partial charge < -0.3 is 14.5 Å². The van der Waals surface area contributed by atoms with Crippen molar-refractivity contribution in [2.45, 2.75) is 64.5 Å². The van der Waals surface area contributed by atoms with E-state index in [1.165, 1.54) is 19.3 Å². The van der Waals surface area contributed by atoms with E-state index in [-0.39, 0.29) is 5.56 Å². The largest absolute Gasteiger partial charge is 0.493 e. The third-order valence-corrected chi connectivity index (χ3v) is 6.12. The van der Waals surface area contributed by atoms with Crippen LogP contribution in [0.15, 0.2) is 23.0 Å². The third-order valence-electron chi connectivity index (χ3n) is 6.12. The number of nitrogens with zero attached hydrogens (tertiary/aromatic N) is 2. The minimum Gasteiger partial charge on any atom is -0.493 e. The fourth-order valence-electron chi connectivity index (χ4n) is 4.60. The summed E-state index contributed by atoms with van der Waals surface area (Å²) in [6.45, 7) is 4.78. The van der Waals surface area contributed by atoms with Crippen LogP contribution in [0.4, 0.5) is 0 Å². The van der Waals surface area contributed by atoms with Crippen molar-refractivity contribution >= 4 is 0 Å². The molecule has 1 aliphatic heterocycles. The van der Waals surface area contributed by atoms with Gasteiger partial charge in [-0.15, -0.1) is 0 Å². The average molecular weight is 398 g/mol. The van der Waals surface area contributed by atoms with E-state index in [2.05, 4.69) is 16.0 Å². The molecule has 1 saturated carbocycles. The maximum Gasteiger partial charge on any atom is 0.255 e. The lowest BCUT2D eigenvalue weighted by Gasteiger charge is -2.29. The van der Waals surface area contributed by atoms with E-state index in [4.69, 9.17) is 14.5 Å². The highest BCUT2D eigenvalue weighted by Gasteiger charge is 2.25. The zero-order valence-electron chi connectivity index (χ0n) is 17.5. The highest BCUT2D eigenvalue weighted by Crippen LogP contribution is 2.33. The first-order valence-corrected chi connectivity index (χ1v) is 10.8. The van der Waals surface area contributed by atoms with Crippen molar-refractivity contribution in [1.29, 1.82) is 0 Å². The molecule has 0 bridgehead atoms. The van der Waals surface area contributed by atoms with Gasteiger partial charge in [0.25, 0.3) is 5.56 Å². The molecule has 29 heavy (non-hydrogen) atoms. The molecule has 6 heteroatoms. The summed E-state index contributed by atoms with van der Waals surface area (Å²) in [4.78, 5) is 23.1. The number of methoxy groups -OCH3 is 1. The van der Waals surface area contributed by atoms with Crippen LogP contribution in [0.5, 0.6) is 11.5 Å².